The van der Waals surface area contributed by atoms with Crippen LogP contribution in [0.2, 0.25) is 0 Å². The van der Waals surface area contributed by atoms with Gasteiger partial charge in [-0.25, -0.2) is 0 Å². The summed E-state index contributed by atoms with van der Waals surface area (Å²) in [5.41, 5.74) is 0.685. The van der Waals surface area contributed by atoms with Crippen molar-refractivity contribution in [2.75, 3.05) is 34.0 Å². The van der Waals surface area contributed by atoms with Crippen molar-refractivity contribution in [3.8, 4) is 22.9 Å². The zero-order valence-electron chi connectivity index (χ0n) is 22.4. The highest BCUT2D eigenvalue weighted by atomic mass is 16.5. The molecule has 1 unspecified atom stereocenters. The van der Waals surface area contributed by atoms with Crippen molar-refractivity contribution in [1.82, 2.24) is 30.4 Å². The van der Waals surface area contributed by atoms with Crippen molar-refractivity contribution >= 4 is 11.8 Å². The highest BCUT2D eigenvalue weighted by Crippen LogP contribution is 2.30. The van der Waals surface area contributed by atoms with E-state index in [-0.39, 0.29) is 24.4 Å². The zero-order chi connectivity index (χ0) is 26.6. The van der Waals surface area contributed by atoms with Gasteiger partial charge in [-0.3, -0.25) is 9.59 Å². The normalized spacial score (nSPS) is 14.4. The average molecular weight is 517 g/mol. The summed E-state index contributed by atoms with van der Waals surface area (Å²) in [5.74, 6) is 1.18. The lowest BCUT2D eigenvalue weighted by Gasteiger charge is -2.31. The van der Waals surface area contributed by atoms with E-state index in [0.717, 1.165) is 32.1 Å². The first-order valence-electron chi connectivity index (χ1n) is 13.2. The minimum atomic E-state index is -0.548. The predicted molar refractivity (Wildman–Crippen MR) is 138 cm³/mol. The average Bonchev–Trinajstić information content (AvgIpc) is 3.59. The zero-order valence-corrected chi connectivity index (χ0v) is 22.4. The Balaban J connectivity index is 1.75. The maximum atomic E-state index is 13.5. The molecule has 2 aromatic rings. The van der Waals surface area contributed by atoms with Crippen molar-refractivity contribution in [1.29, 1.82) is 0 Å². The van der Waals surface area contributed by atoms with E-state index in [1.165, 1.54) is 4.80 Å². The number of methoxy groups -OCH3 is 2. The molecule has 1 heterocycles. The maximum Gasteiger partial charge on any atom is 0.246 e. The van der Waals surface area contributed by atoms with Crippen LogP contribution in [0.15, 0.2) is 18.2 Å². The van der Waals surface area contributed by atoms with Gasteiger partial charge < -0.3 is 24.4 Å². The topological polar surface area (TPSA) is 121 Å². The molecule has 1 aromatic carbocycles. The monoisotopic (exact) mass is 516 g/mol. The Morgan fingerprint density at radius 3 is 2.59 bits per heavy atom. The summed E-state index contributed by atoms with van der Waals surface area (Å²) in [6.07, 6.45) is 6.23. The van der Waals surface area contributed by atoms with Gasteiger partial charge in [-0.15, -0.1) is 10.2 Å². The molecule has 1 aliphatic carbocycles. The molecule has 0 bridgehead atoms. The van der Waals surface area contributed by atoms with Crippen LogP contribution >= 0.6 is 0 Å². The second-order valence-electron chi connectivity index (χ2n) is 9.15. The molecule has 37 heavy (non-hydrogen) atoms. The van der Waals surface area contributed by atoms with Crippen LogP contribution in [0, 0.1) is 0 Å². The SMILES string of the molecule is CCCC(C(=O)NC1CCCC1)N(CCCOCC)C(=O)Cn1nnc(-c2ccc(OC)c(OC)c2)n1. The number of aromatic nitrogens is 4. The van der Waals surface area contributed by atoms with Crippen molar-refractivity contribution in [3.63, 3.8) is 0 Å². The van der Waals surface area contributed by atoms with Gasteiger partial charge in [-0.05, 0) is 56.0 Å². The molecule has 11 nitrogen and oxygen atoms in total. The largest absolute Gasteiger partial charge is 0.493 e. The molecule has 1 atom stereocenters. The smallest absolute Gasteiger partial charge is 0.246 e. The van der Waals surface area contributed by atoms with Gasteiger partial charge in [-0.1, -0.05) is 26.2 Å². The van der Waals surface area contributed by atoms with E-state index < -0.39 is 6.04 Å². The second-order valence-corrected chi connectivity index (χ2v) is 9.15. The quantitative estimate of drug-likeness (QED) is 0.359. The van der Waals surface area contributed by atoms with Crippen molar-refractivity contribution in [2.45, 2.75) is 77.4 Å². The van der Waals surface area contributed by atoms with Crippen LogP contribution in [0.5, 0.6) is 11.5 Å². The van der Waals surface area contributed by atoms with Crippen molar-refractivity contribution in [2.24, 2.45) is 0 Å². The number of hydrogen-bond acceptors (Lipinski definition) is 8. The maximum absolute atomic E-state index is 13.5. The molecular weight excluding hydrogens is 476 g/mol. The molecule has 2 amide bonds. The Labute approximate surface area is 218 Å². The van der Waals surface area contributed by atoms with Gasteiger partial charge in [-0.2, -0.15) is 4.80 Å². The van der Waals surface area contributed by atoms with E-state index in [4.69, 9.17) is 14.2 Å². The van der Waals surface area contributed by atoms with Crippen LogP contribution in [-0.4, -0.2) is 83.0 Å². The van der Waals surface area contributed by atoms with Gasteiger partial charge in [0.05, 0.1) is 14.2 Å². The van der Waals surface area contributed by atoms with Gasteiger partial charge in [0.1, 0.15) is 12.6 Å². The number of rotatable bonds is 15. The summed E-state index contributed by atoms with van der Waals surface area (Å²) in [6, 6.07) is 4.96. The van der Waals surface area contributed by atoms with Gasteiger partial charge in [0, 0.05) is 31.4 Å². The Kier molecular flexibility index (Phi) is 11.1. The number of ether oxygens (including phenoxy) is 3. The van der Waals surface area contributed by atoms with Crippen LogP contribution < -0.4 is 14.8 Å². The van der Waals surface area contributed by atoms with E-state index in [1.54, 1.807) is 37.3 Å². The highest BCUT2D eigenvalue weighted by molar-refractivity contribution is 5.87. The molecule has 0 aliphatic heterocycles. The number of carbonyl (C=O) groups excluding carboxylic acids is 2. The summed E-state index contributed by atoms with van der Waals surface area (Å²) in [7, 11) is 3.12. The third-order valence-corrected chi connectivity index (χ3v) is 6.53. The summed E-state index contributed by atoms with van der Waals surface area (Å²) < 4.78 is 16.1. The fourth-order valence-corrected chi connectivity index (χ4v) is 4.62. The first-order chi connectivity index (χ1) is 18.0. The van der Waals surface area contributed by atoms with Gasteiger partial charge >= 0.3 is 0 Å². The standard InChI is InChI=1S/C26H40N6O5/c1-5-10-21(26(34)27-20-11-7-8-12-20)31(15-9-16-37-6-2)24(33)18-32-29-25(28-30-32)19-13-14-22(35-3)23(17-19)36-4/h13-14,17,20-21H,5-12,15-16,18H2,1-4H3,(H,27,34). The van der Waals surface area contributed by atoms with Crippen LogP contribution in [-0.2, 0) is 20.9 Å². The molecule has 204 valence electrons. The first kappa shape index (κ1) is 28.4. The Hall–Kier alpha value is -3.21. The lowest BCUT2D eigenvalue weighted by molar-refractivity contribution is -0.142. The fraction of sp³-hybridized carbons (Fsp3) is 0.654. The van der Waals surface area contributed by atoms with Crippen molar-refractivity contribution < 1.29 is 23.8 Å². The minimum absolute atomic E-state index is 0.0870. The Morgan fingerprint density at radius 1 is 1.16 bits per heavy atom. The van der Waals surface area contributed by atoms with E-state index in [2.05, 4.69) is 20.7 Å². The molecule has 11 heteroatoms. The fourth-order valence-electron chi connectivity index (χ4n) is 4.62. The van der Waals surface area contributed by atoms with E-state index >= 15 is 0 Å². The van der Waals surface area contributed by atoms with Crippen LogP contribution in [0.1, 0.15) is 58.8 Å². The lowest BCUT2D eigenvalue weighted by atomic mass is 10.1. The molecule has 1 saturated carbocycles. The molecule has 0 radical (unpaired) electrons. The second kappa shape index (κ2) is 14.5. The number of hydrogen-bond donors (Lipinski definition) is 1. The van der Waals surface area contributed by atoms with Gasteiger partial charge in [0.25, 0.3) is 0 Å². The molecule has 0 saturated heterocycles. The van der Waals surface area contributed by atoms with Crippen molar-refractivity contribution in [3.05, 3.63) is 18.2 Å². The Bertz CT molecular complexity index is 1010. The molecule has 1 N–H and O–H groups in total. The molecule has 1 aliphatic rings. The summed E-state index contributed by atoms with van der Waals surface area (Å²) >= 11 is 0. The summed E-state index contributed by atoms with van der Waals surface area (Å²) in [6.45, 7) is 5.38. The minimum Gasteiger partial charge on any atom is -0.493 e. The third-order valence-electron chi connectivity index (χ3n) is 6.53. The predicted octanol–water partition coefficient (Wildman–Crippen LogP) is 2.84. The molecule has 1 fully saturated rings. The number of nitrogens with one attached hydrogen (secondary N) is 1. The number of amides is 2. The van der Waals surface area contributed by atoms with Crippen LogP contribution in [0.4, 0.5) is 0 Å². The van der Waals surface area contributed by atoms with Crippen LogP contribution in [0.25, 0.3) is 11.4 Å². The van der Waals surface area contributed by atoms with E-state index in [9.17, 15) is 9.59 Å². The summed E-state index contributed by atoms with van der Waals surface area (Å²) in [5, 5.41) is 15.8. The van der Waals surface area contributed by atoms with E-state index in [1.807, 2.05) is 13.8 Å². The molecule has 0 spiro atoms. The molecular formula is C26H40N6O5. The first-order valence-corrected chi connectivity index (χ1v) is 13.2. The van der Waals surface area contributed by atoms with Crippen LogP contribution in [0.3, 0.4) is 0 Å². The highest BCUT2D eigenvalue weighted by Gasteiger charge is 2.31. The molecule has 1 aromatic heterocycles. The Morgan fingerprint density at radius 2 is 1.92 bits per heavy atom. The van der Waals surface area contributed by atoms with Gasteiger partial charge in [0.15, 0.2) is 11.5 Å². The number of carbonyl (C=O) groups is 2. The third kappa shape index (κ3) is 7.88. The number of tetrazole rings is 1. The lowest BCUT2D eigenvalue weighted by Crippen LogP contribution is -2.52. The summed E-state index contributed by atoms with van der Waals surface area (Å²) in [4.78, 5) is 29.7. The van der Waals surface area contributed by atoms with E-state index in [0.29, 0.717) is 55.5 Å². The van der Waals surface area contributed by atoms with Gasteiger partial charge in [0.2, 0.25) is 17.6 Å². The number of benzene rings is 1. The number of nitrogens with zero attached hydrogens (tertiary/aromatic N) is 5. The molecule has 3 rings (SSSR count).